The molecule has 0 aromatic heterocycles. The predicted molar refractivity (Wildman–Crippen MR) is 71.6 cm³/mol. The Balaban J connectivity index is 2.16. The van der Waals surface area contributed by atoms with E-state index in [9.17, 15) is 15.3 Å². The summed E-state index contributed by atoms with van der Waals surface area (Å²) in [5.74, 6) is 0. The number of hydrogen-bond acceptors (Lipinski definition) is 8. The van der Waals surface area contributed by atoms with Gasteiger partial charge in [-0.05, 0) is 6.42 Å². The molecule has 1 fully saturated rings. The maximum atomic E-state index is 9.72. The Morgan fingerprint density at radius 3 is 2.10 bits per heavy atom. The van der Waals surface area contributed by atoms with Gasteiger partial charge in [0, 0.05) is 6.61 Å². The molecule has 5 atom stereocenters. The van der Waals surface area contributed by atoms with Gasteiger partial charge in [-0.15, -0.1) is 0 Å². The van der Waals surface area contributed by atoms with Crippen molar-refractivity contribution < 1.29 is 39.4 Å². The van der Waals surface area contributed by atoms with Gasteiger partial charge >= 0.3 is 0 Å². The van der Waals surface area contributed by atoms with Crippen molar-refractivity contribution in [1.29, 1.82) is 0 Å². The van der Waals surface area contributed by atoms with E-state index in [1.54, 1.807) is 0 Å². The van der Waals surface area contributed by atoms with Gasteiger partial charge in [-0.3, -0.25) is 0 Å². The van der Waals surface area contributed by atoms with Gasteiger partial charge in [-0.25, -0.2) is 0 Å². The standard InChI is InChI=1S/C13H26O8/c1-2-3-18-4-5-19-6-7-20-13-12(17)11(16)10(15)9(8-14)21-13/h9-17H,2-8H2,1H3/t9?,10-,11?,12?,13+/m1/s1. The fraction of sp³-hybridized carbons (Fsp3) is 1.00. The van der Waals surface area contributed by atoms with Crippen LogP contribution in [0.1, 0.15) is 13.3 Å². The molecule has 8 heteroatoms. The Morgan fingerprint density at radius 2 is 1.48 bits per heavy atom. The second-order valence-corrected chi connectivity index (χ2v) is 4.79. The first kappa shape index (κ1) is 18.7. The molecule has 1 aliphatic heterocycles. The van der Waals surface area contributed by atoms with E-state index in [4.69, 9.17) is 24.1 Å². The fourth-order valence-electron chi connectivity index (χ4n) is 1.89. The monoisotopic (exact) mass is 310 g/mol. The molecular formula is C13H26O8. The average Bonchev–Trinajstić information content (AvgIpc) is 2.49. The van der Waals surface area contributed by atoms with Crippen LogP contribution in [0.5, 0.6) is 0 Å². The van der Waals surface area contributed by atoms with E-state index in [1.807, 2.05) is 6.92 Å². The smallest absolute Gasteiger partial charge is 0.186 e. The summed E-state index contributed by atoms with van der Waals surface area (Å²) in [6, 6.07) is 0. The summed E-state index contributed by atoms with van der Waals surface area (Å²) >= 11 is 0. The molecule has 21 heavy (non-hydrogen) atoms. The third kappa shape index (κ3) is 6.13. The molecule has 1 saturated heterocycles. The van der Waals surface area contributed by atoms with Crippen LogP contribution in [-0.2, 0) is 18.9 Å². The van der Waals surface area contributed by atoms with Crippen molar-refractivity contribution in [2.45, 2.75) is 44.1 Å². The first-order chi connectivity index (χ1) is 10.1. The van der Waals surface area contributed by atoms with Gasteiger partial charge in [0.15, 0.2) is 6.29 Å². The van der Waals surface area contributed by atoms with E-state index in [0.717, 1.165) is 6.42 Å². The van der Waals surface area contributed by atoms with Crippen molar-refractivity contribution in [2.24, 2.45) is 0 Å². The van der Waals surface area contributed by atoms with Crippen molar-refractivity contribution in [3.8, 4) is 0 Å². The SMILES string of the molecule is CCCOCCOCCO[C@H]1OC(CO)[C@@H](O)C(O)C1O. The van der Waals surface area contributed by atoms with Crippen molar-refractivity contribution in [3.63, 3.8) is 0 Å². The summed E-state index contributed by atoms with van der Waals surface area (Å²) in [6.45, 7) is 3.63. The zero-order valence-corrected chi connectivity index (χ0v) is 12.3. The first-order valence-corrected chi connectivity index (χ1v) is 7.19. The minimum Gasteiger partial charge on any atom is -0.394 e. The molecule has 4 N–H and O–H groups in total. The van der Waals surface area contributed by atoms with Crippen LogP contribution >= 0.6 is 0 Å². The van der Waals surface area contributed by atoms with Crippen LogP contribution < -0.4 is 0 Å². The summed E-state index contributed by atoms with van der Waals surface area (Å²) in [6.07, 6.45) is -5.30. The molecule has 0 aromatic carbocycles. The molecule has 0 aromatic rings. The minimum absolute atomic E-state index is 0.149. The zero-order chi connectivity index (χ0) is 15.7. The average molecular weight is 310 g/mol. The van der Waals surface area contributed by atoms with Crippen molar-refractivity contribution in [3.05, 3.63) is 0 Å². The zero-order valence-electron chi connectivity index (χ0n) is 12.3. The minimum atomic E-state index is -1.43. The highest BCUT2D eigenvalue weighted by Gasteiger charge is 2.43. The first-order valence-electron chi connectivity index (χ1n) is 7.19. The molecule has 0 aliphatic carbocycles. The molecule has 0 bridgehead atoms. The highest BCUT2D eigenvalue weighted by molar-refractivity contribution is 4.88. The molecule has 0 spiro atoms. The molecule has 1 rings (SSSR count). The van der Waals surface area contributed by atoms with Crippen LogP contribution in [0.25, 0.3) is 0 Å². The summed E-state index contributed by atoms with van der Waals surface area (Å²) in [5.41, 5.74) is 0. The van der Waals surface area contributed by atoms with Crippen LogP contribution in [0.4, 0.5) is 0 Å². The third-order valence-corrected chi connectivity index (χ3v) is 3.08. The largest absolute Gasteiger partial charge is 0.394 e. The Morgan fingerprint density at radius 1 is 0.857 bits per heavy atom. The van der Waals surface area contributed by atoms with E-state index in [-0.39, 0.29) is 13.2 Å². The number of rotatable bonds is 10. The second-order valence-electron chi connectivity index (χ2n) is 4.79. The van der Waals surface area contributed by atoms with Gasteiger partial charge in [0.25, 0.3) is 0 Å². The van der Waals surface area contributed by atoms with Crippen LogP contribution in [-0.4, -0.2) is 90.8 Å². The third-order valence-electron chi connectivity index (χ3n) is 3.08. The molecule has 0 saturated carbocycles. The van der Waals surface area contributed by atoms with Gasteiger partial charge in [0.1, 0.15) is 24.4 Å². The summed E-state index contributed by atoms with van der Waals surface area (Å²) in [7, 11) is 0. The topological polar surface area (TPSA) is 118 Å². The quantitative estimate of drug-likeness (QED) is 0.351. The second kappa shape index (κ2) is 10.4. The fourth-order valence-corrected chi connectivity index (χ4v) is 1.89. The van der Waals surface area contributed by atoms with Gasteiger partial charge in [0.2, 0.25) is 0 Å². The predicted octanol–water partition coefficient (Wildman–Crippen LogP) is -1.75. The molecule has 126 valence electrons. The number of aliphatic hydroxyl groups is 4. The molecule has 0 radical (unpaired) electrons. The van der Waals surface area contributed by atoms with Crippen LogP contribution in [0.3, 0.4) is 0 Å². The van der Waals surface area contributed by atoms with Gasteiger partial charge < -0.3 is 39.4 Å². The highest BCUT2D eigenvalue weighted by Crippen LogP contribution is 2.21. The summed E-state index contributed by atoms with van der Waals surface area (Å²) in [4.78, 5) is 0. The summed E-state index contributed by atoms with van der Waals surface area (Å²) < 4.78 is 20.9. The lowest BCUT2D eigenvalue weighted by molar-refractivity contribution is -0.302. The number of hydrogen-bond donors (Lipinski definition) is 4. The van der Waals surface area contributed by atoms with Crippen molar-refractivity contribution in [1.82, 2.24) is 0 Å². The van der Waals surface area contributed by atoms with Crippen LogP contribution in [0.2, 0.25) is 0 Å². The van der Waals surface area contributed by atoms with E-state index < -0.39 is 37.3 Å². The van der Waals surface area contributed by atoms with E-state index in [2.05, 4.69) is 0 Å². The summed E-state index contributed by atoms with van der Waals surface area (Å²) in [5, 5.41) is 37.9. The Bertz CT molecular complexity index is 263. The van der Waals surface area contributed by atoms with Crippen molar-refractivity contribution in [2.75, 3.05) is 39.6 Å². The molecule has 1 aliphatic rings. The highest BCUT2D eigenvalue weighted by atomic mass is 16.7. The van der Waals surface area contributed by atoms with E-state index in [1.165, 1.54) is 0 Å². The molecule has 0 amide bonds. The Labute approximate surface area is 124 Å². The number of ether oxygens (including phenoxy) is 4. The van der Waals surface area contributed by atoms with E-state index >= 15 is 0 Å². The molecule has 8 nitrogen and oxygen atoms in total. The molecular weight excluding hydrogens is 284 g/mol. The van der Waals surface area contributed by atoms with Crippen molar-refractivity contribution >= 4 is 0 Å². The normalized spacial score (nSPS) is 33.3. The number of aliphatic hydroxyl groups excluding tert-OH is 4. The Hall–Kier alpha value is -0.320. The van der Waals surface area contributed by atoms with E-state index in [0.29, 0.717) is 19.8 Å². The lowest BCUT2D eigenvalue weighted by atomic mass is 9.99. The van der Waals surface area contributed by atoms with Crippen LogP contribution in [0.15, 0.2) is 0 Å². The maximum Gasteiger partial charge on any atom is 0.186 e. The van der Waals surface area contributed by atoms with Gasteiger partial charge in [0.05, 0.1) is 33.0 Å². The van der Waals surface area contributed by atoms with Gasteiger partial charge in [-0.2, -0.15) is 0 Å². The van der Waals surface area contributed by atoms with Crippen LogP contribution in [0, 0.1) is 0 Å². The lowest BCUT2D eigenvalue weighted by Crippen LogP contribution is -2.59. The van der Waals surface area contributed by atoms with Gasteiger partial charge in [-0.1, -0.05) is 6.92 Å². The maximum absolute atomic E-state index is 9.72. The Kier molecular flexibility index (Phi) is 9.29. The molecule has 1 heterocycles. The lowest BCUT2D eigenvalue weighted by Gasteiger charge is -2.39. The molecule has 3 unspecified atom stereocenters.